The molecule has 1 unspecified atom stereocenters. The van der Waals surface area contributed by atoms with Crippen LogP contribution in [0, 0.1) is 11.7 Å². The maximum absolute atomic E-state index is 13.5. The van der Waals surface area contributed by atoms with Gasteiger partial charge in [0.05, 0.1) is 6.20 Å². The fourth-order valence-corrected chi connectivity index (χ4v) is 3.72. The molecule has 21 heavy (non-hydrogen) atoms. The number of anilines is 1. The maximum Gasteiger partial charge on any atom is 0.141 e. The van der Waals surface area contributed by atoms with Crippen molar-refractivity contribution in [2.45, 2.75) is 39.0 Å². The average Bonchev–Trinajstić information content (AvgIpc) is 2.47. The SMILES string of the molecule is CCC1CN(c2ncc(F)cc2CNCC(C)C)CCS1. The minimum Gasteiger partial charge on any atom is -0.354 e. The predicted molar refractivity (Wildman–Crippen MR) is 89.5 cm³/mol. The van der Waals surface area contributed by atoms with Crippen molar-refractivity contribution in [1.29, 1.82) is 0 Å². The smallest absolute Gasteiger partial charge is 0.141 e. The summed E-state index contributed by atoms with van der Waals surface area (Å²) < 4.78 is 13.5. The monoisotopic (exact) mass is 311 g/mol. The van der Waals surface area contributed by atoms with Gasteiger partial charge in [0.1, 0.15) is 11.6 Å². The zero-order chi connectivity index (χ0) is 15.2. The Kier molecular flexibility index (Phi) is 6.30. The molecular formula is C16H26FN3S. The summed E-state index contributed by atoms with van der Waals surface area (Å²) in [6, 6.07) is 1.62. The van der Waals surface area contributed by atoms with E-state index in [1.807, 2.05) is 11.8 Å². The molecule has 2 rings (SSSR count). The third kappa shape index (κ3) is 4.85. The maximum atomic E-state index is 13.5. The summed E-state index contributed by atoms with van der Waals surface area (Å²) in [5.74, 6) is 2.41. The van der Waals surface area contributed by atoms with E-state index in [0.29, 0.717) is 17.7 Å². The molecule has 0 bridgehead atoms. The number of thioether (sulfide) groups is 1. The Balaban J connectivity index is 2.10. The molecule has 0 spiro atoms. The molecule has 2 heterocycles. The van der Waals surface area contributed by atoms with E-state index in [9.17, 15) is 4.39 Å². The molecule has 1 fully saturated rings. The van der Waals surface area contributed by atoms with Crippen LogP contribution in [0.25, 0.3) is 0 Å². The van der Waals surface area contributed by atoms with Gasteiger partial charge in [-0.3, -0.25) is 0 Å². The van der Waals surface area contributed by atoms with Gasteiger partial charge < -0.3 is 10.2 Å². The number of halogens is 1. The van der Waals surface area contributed by atoms with Gasteiger partial charge in [-0.15, -0.1) is 0 Å². The fourth-order valence-electron chi connectivity index (χ4n) is 2.54. The van der Waals surface area contributed by atoms with E-state index in [2.05, 4.69) is 36.0 Å². The van der Waals surface area contributed by atoms with Crippen molar-refractivity contribution in [3.63, 3.8) is 0 Å². The van der Waals surface area contributed by atoms with Crippen molar-refractivity contribution in [1.82, 2.24) is 10.3 Å². The summed E-state index contributed by atoms with van der Waals surface area (Å²) in [5, 5.41) is 4.05. The first-order valence-corrected chi connectivity index (χ1v) is 8.86. The summed E-state index contributed by atoms with van der Waals surface area (Å²) in [5.41, 5.74) is 0.970. The third-order valence-corrected chi connectivity index (χ3v) is 5.04. The summed E-state index contributed by atoms with van der Waals surface area (Å²) in [6.45, 7) is 10.2. The molecular weight excluding hydrogens is 285 g/mol. The lowest BCUT2D eigenvalue weighted by atomic mass is 10.2. The van der Waals surface area contributed by atoms with Crippen molar-refractivity contribution in [2.75, 3.05) is 30.3 Å². The van der Waals surface area contributed by atoms with Gasteiger partial charge >= 0.3 is 0 Å². The molecule has 1 aromatic rings. The molecule has 1 atom stereocenters. The van der Waals surface area contributed by atoms with Gasteiger partial charge in [-0.05, 0) is 24.9 Å². The molecule has 1 aliphatic heterocycles. The van der Waals surface area contributed by atoms with Crippen molar-refractivity contribution in [3.05, 3.63) is 23.6 Å². The number of pyridine rings is 1. The van der Waals surface area contributed by atoms with Gasteiger partial charge in [-0.1, -0.05) is 20.8 Å². The van der Waals surface area contributed by atoms with Crippen LogP contribution < -0.4 is 10.2 Å². The minimum atomic E-state index is -0.251. The van der Waals surface area contributed by atoms with Crippen LogP contribution in [0.3, 0.4) is 0 Å². The summed E-state index contributed by atoms with van der Waals surface area (Å²) in [6.07, 6.45) is 2.51. The lowest BCUT2D eigenvalue weighted by Gasteiger charge is -2.34. The topological polar surface area (TPSA) is 28.2 Å². The molecule has 1 aromatic heterocycles. The molecule has 5 heteroatoms. The number of nitrogens with zero attached hydrogens (tertiary/aromatic N) is 2. The highest BCUT2D eigenvalue weighted by Crippen LogP contribution is 2.27. The van der Waals surface area contributed by atoms with Gasteiger partial charge in [0.25, 0.3) is 0 Å². The van der Waals surface area contributed by atoms with E-state index in [1.165, 1.54) is 12.6 Å². The predicted octanol–water partition coefficient (Wildman–Crippen LogP) is 3.30. The second-order valence-electron chi connectivity index (χ2n) is 6.01. The normalized spacial score (nSPS) is 19.3. The Hall–Kier alpha value is -0.810. The Morgan fingerprint density at radius 3 is 3.05 bits per heavy atom. The zero-order valence-electron chi connectivity index (χ0n) is 13.2. The molecule has 0 saturated carbocycles. The third-order valence-electron chi connectivity index (χ3n) is 3.67. The molecule has 1 N–H and O–H groups in total. The first-order valence-electron chi connectivity index (χ1n) is 7.81. The standard InChI is InChI=1S/C16H26FN3S/c1-4-15-11-20(5-6-21-15)16-13(7-14(17)10-19-16)9-18-8-12(2)3/h7,10,12,15,18H,4-6,8-9,11H2,1-3H3. The Morgan fingerprint density at radius 1 is 1.52 bits per heavy atom. The van der Waals surface area contributed by atoms with Gasteiger partial charge in [0, 0.05) is 36.2 Å². The minimum absolute atomic E-state index is 0.251. The first-order chi connectivity index (χ1) is 10.1. The van der Waals surface area contributed by atoms with Gasteiger partial charge in [-0.2, -0.15) is 11.8 Å². The van der Waals surface area contributed by atoms with Crippen LogP contribution in [0.4, 0.5) is 10.2 Å². The van der Waals surface area contributed by atoms with E-state index >= 15 is 0 Å². The lowest BCUT2D eigenvalue weighted by Crippen LogP contribution is -2.39. The van der Waals surface area contributed by atoms with Crippen LogP contribution >= 0.6 is 11.8 Å². The number of hydrogen-bond acceptors (Lipinski definition) is 4. The molecule has 0 aliphatic carbocycles. The highest BCUT2D eigenvalue weighted by atomic mass is 32.2. The largest absolute Gasteiger partial charge is 0.354 e. The van der Waals surface area contributed by atoms with Crippen LogP contribution in [0.2, 0.25) is 0 Å². The molecule has 0 aromatic carbocycles. The fraction of sp³-hybridized carbons (Fsp3) is 0.688. The van der Waals surface area contributed by atoms with Gasteiger partial charge in [0.15, 0.2) is 0 Å². The molecule has 1 aliphatic rings. The summed E-state index contributed by atoms with van der Waals surface area (Å²) in [7, 11) is 0. The summed E-state index contributed by atoms with van der Waals surface area (Å²) >= 11 is 2.03. The van der Waals surface area contributed by atoms with E-state index in [4.69, 9.17) is 0 Å². The number of hydrogen-bond donors (Lipinski definition) is 1. The number of aromatic nitrogens is 1. The lowest BCUT2D eigenvalue weighted by molar-refractivity contribution is 0.547. The Labute approximate surface area is 131 Å². The van der Waals surface area contributed by atoms with E-state index < -0.39 is 0 Å². The molecule has 3 nitrogen and oxygen atoms in total. The van der Waals surface area contributed by atoms with Gasteiger partial charge in [0.2, 0.25) is 0 Å². The summed E-state index contributed by atoms with van der Waals surface area (Å²) in [4.78, 5) is 6.69. The van der Waals surface area contributed by atoms with Crippen molar-refractivity contribution >= 4 is 17.6 Å². The molecule has 0 amide bonds. The Morgan fingerprint density at radius 2 is 2.33 bits per heavy atom. The van der Waals surface area contributed by atoms with Crippen molar-refractivity contribution in [2.24, 2.45) is 5.92 Å². The van der Waals surface area contributed by atoms with Crippen LogP contribution in [-0.4, -0.2) is 35.6 Å². The van der Waals surface area contributed by atoms with Gasteiger partial charge in [-0.25, -0.2) is 9.37 Å². The Bertz CT molecular complexity index is 453. The highest BCUT2D eigenvalue weighted by molar-refractivity contribution is 8.00. The number of nitrogens with one attached hydrogen (secondary N) is 1. The molecule has 118 valence electrons. The van der Waals surface area contributed by atoms with Crippen LogP contribution in [0.1, 0.15) is 32.8 Å². The quantitative estimate of drug-likeness (QED) is 0.872. The first kappa shape index (κ1) is 16.6. The molecule has 0 radical (unpaired) electrons. The van der Waals surface area contributed by atoms with Crippen LogP contribution in [0.5, 0.6) is 0 Å². The zero-order valence-corrected chi connectivity index (χ0v) is 14.0. The highest BCUT2D eigenvalue weighted by Gasteiger charge is 2.22. The van der Waals surface area contributed by atoms with Crippen LogP contribution in [0.15, 0.2) is 12.3 Å². The number of rotatable bonds is 6. The van der Waals surface area contributed by atoms with E-state index in [0.717, 1.165) is 36.8 Å². The average molecular weight is 311 g/mol. The van der Waals surface area contributed by atoms with Crippen molar-refractivity contribution in [3.8, 4) is 0 Å². The van der Waals surface area contributed by atoms with Crippen molar-refractivity contribution < 1.29 is 4.39 Å². The second kappa shape index (κ2) is 7.99. The van der Waals surface area contributed by atoms with E-state index in [-0.39, 0.29) is 5.82 Å². The van der Waals surface area contributed by atoms with Crippen LogP contribution in [-0.2, 0) is 6.54 Å². The molecule has 1 saturated heterocycles. The van der Waals surface area contributed by atoms with E-state index in [1.54, 1.807) is 6.07 Å². The second-order valence-corrected chi connectivity index (χ2v) is 7.42.